The Morgan fingerprint density at radius 2 is 1.87 bits per heavy atom. The monoisotopic (exact) mass is 531 g/mol. The van der Waals surface area contributed by atoms with Crippen molar-refractivity contribution in [2.75, 3.05) is 13.2 Å². The number of amides is 1. The van der Waals surface area contributed by atoms with Crippen LogP contribution in [0, 0.1) is 5.92 Å². The van der Waals surface area contributed by atoms with Gasteiger partial charge in [-0.05, 0) is 54.9 Å². The molecule has 1 aliphatic heterocycles. The van der Waals surface area contributed by atoms with E-state index in [9.17, 15) is 9.59 Å². The van der Waals surface area contributed by atoms with Gasteiger partial charge in [-0.25, -0.2) is 4.99 Å². The van der Waals surface area contributed by atoms with E-state index >= 15 is 0 Å². The highest BCUT2D eigenvalue weighted by Crippen LogP contribution is 2.29. The maximum Gasteiger partial charge on any atom is 0.303 e. The van der Waals surface area contributed by atoms with Crippen LogP contribution in [0.1, 0.15) is 93.7 Å². The molecule has 1 fully saturated rings. The van der Waals surface area contributed by atoms with Crippen molar-refractivity contribution in [3.63, 3.8) is 0 Å². The number of hydrogen-bond acceptors (Lipinski definition) is 5. The Balaban J connectivity index is 1.39. The van der Waals surface area contributed by atoms with Crippen LogP contribution in [-0.4, -0.2) is 47.1 Å². The maximum atomic E-state index is 12.8. The van der Waals surface area contributed by atoms with Crippen LogP contribution in [0.2, 0.25) is 0 Å². The minimum atomic E-state index is -0.772. The van der Waals surface area contributed by atoms with E-state index in [2.05, 4.69) is 21.4 Å². The average molecular weight is 532 g/mol. The van der Waals surface area contributed by atoms with Crippen molar-refractivity contribution in [3.8, 4) is 0 Å². The Morgan fingerprint density at radius 1 is 1.03 bits per heavy atom. The molecule has 7 heteroatoms. The molecule has 1 saturated carbocycles. The number of nitrogens with zero attached hydrogens (tertiary/aromatic N) is 2. The molecule has 0 radical (unpaired) electrons. The number of aliphatic carboxylic acids is 1. The summed E-state index contributed by atoms with van der Waals surface area (Å²) in [4.78, 5) is 32.7. The molecule has 0 bridgehead atoms. The van der Waals surface area contributed by atoms with Crippen LogP contribution in [0.4, 0.5) is 0 Å². The largest absolute Gasteiger partial charge is 0.481 e. The summed E-state index contributed by atoms with van der Waals surface area (Å²) in [6, 6.07) is 11.3. The zero-order valence-electron chi connectivity index (χ0n) is 22.8. The summed E-state index contributed by atoms with van der Waals surface area (Å²) < 4.78 is 5.96. The lowest BCUT2D eigenvalue weighted by Crippen LogP contribution is -2.34. The van der Waals surface area contributed by atoms with Gasteiger partial charge in [-0.15, -0.1) is 0 Å². The topological polar surface area (TPSA) is 101 Å². The number of nitrogens with one attached hydrogen (secondary N) is 1. The predicted molar refractivity (Wildman–Crippen MR) is 154 cm³/mol. The number of rotatable bonds is 14. The van der Waals surface area contributed by atoms with E-state index in [0.717, 1.165) is 53.9 Å². The number of carbonyl (C=O) groups excluding carboxylic acids is 1. The van der Waals surface area contributed by atoms with E-state index in [4.69, 9.17) is 9.84 Å². The van der Waals surface area contributed by atoms with Gasteiger partial charge in [0, 0.05) is 36.5 Å². The number of aromatic nitrogens is 1. The molecule has 1 aliphatic carbocycles. The summed E-state index contributed by atoms with van der Waals surface area (Å²) >= 11 is 0. The lowest BCUT2D eigenvalue weighted by Gasteiger charge is -2.21. The molecular weight excluding hydrogens is 490 g/mol. The van der Waals surface area contributed by atoms with Crippen molar-refractivity contribution in [3.05, 3.63) is 71.6 Å². The van der Waals surface area contributed by atoms with Crippen LogP contribution in [-0.2, 0) is 14.3 Å². The van der Waals surface area contributed by atoms with E-state index < -0.39 is 12.0 Å². The normalized spacial score (nSPS) is 17.9. The Bertz CT molecular complexity index is 1140. The van der Waals surface area contributed by atoms with Crippen molar-refractivity contribution in [1.29, 1.82) is 0 Å². The third-order valence-corrected chi connectivity index (χ3v) is 7.63. The van der Waals surface area contributed by atoms with Gasteiger partial charge in [0.1, 0.15) is 6.61 Å². The first-order valence-electron chi connectivity index (χ1n) is 14.5. The van der Waals surface area contributed by atoms with Crippen LogP contribution in [0.15, 0.2) is 59.9 Å². The van der Waals surface area contributed by atoms with Gasteiger partial charge < -0.3 is 15.2 Å². The van der Waals surface area contributed by atoms with E-state index in [1.54, 1.807) is 6.20 Å². The molecule has 1 amide bonds. The van der Waals surface area contributed by atoms with Crippen LogP contribution < -0.4 is 5.32 Å². The summed E-state index contributed by atoms with van der Waals surface area (Å²) in [5.74, 6) is 0.497. The van der Waals surface area contributed by atoms with Gasteiger partial charge in [-0.2, -0.15) is 0 Å². The number of carboxylic acids is 1. The van der Waals surface area contributed by atoms with Gasteiger partial charge in [0.05, 0.1) is 0 Å². The minimum absolute atomic E-state index is 0.0818. The maximum absolute atomic E-state index is 12.8. The first-order chi connectivity index (χ1) is 19.1. The fourth-order valence-electron chi connectivity index (χ4n) is 5.50. The quantitative estimate of drug-likeness (QED) is 0.284. The summed E-state index contributed by atoms with van der Waals surface area (Å²) in [7, 11) is 0. The SMILES string of the molecule is O=C(O)CCCCC=C(c1cccnc1)c1ccccc1C1=NC(C(=O)NCCCCC2CCCCC2)CO1. The molecule has 208 valence electrons. The average Bonchev–Trinajstić information content (AvgIpc) is 3.46. The molecule has 0 spiro atoms. The molecule has 1 atom stereocenters. The molecule has 1 unspecified atom stereocenters. The number of ether oxygens (including phenoxy) is 1. The van der Waals surface area contributed by atoms with Gasteiger partial charge in [-0.3, -0.25) is 14.6 Å². The van der Waals surface area contributed by atoms with E-state index in [0.29, 0.717) is 18.9 Å². The highest BCUT2D eigenvalue weighted by molar-refractivity contribution is 6.03. The molecule has 1 aromatic heterocycles. The van der Waals surface area contributed by atoms with Gasteiger partial charge >= 0.3 is 5.97 Å². The summed E-state index contributed by atoms with van der Waals surface area (Å²) in [5, 5.41) is 12.0. The molecule has 7 nitrogen and oxygen atoms in total. The van der Waals surface area contributed by atoms with E-state index in [1.165, 1.54) is 38.5 Å². The Kier molecular flexibility index (Phi) is 11.1. The number of pyridine rings is 1. The van der Waals surface area contributed by atoms with Crippen molar-refractivity contribution < 1.29 is 19.4 Å². The molecule has 0 saturated heterocycles. The van der Waals surface area contributed by atoms with Crippen LogP contribution in [0.5, 0.6) is 0 Å². The van der Waals surface area contributed by atoms with Gasteiger partial charge in [-0.1, -0.05) is 75.3 Å². The van der Waals surface area contributed by atoms with Crippen LogP contribution in [0.25, 0.3) is 5.57 Å². The first-order valence-corrected chi connectivity index (χ1v) is 14.5. The number of hydrogen-bond donors (Lipinski definition) is 2. The van der Waals surface area contributed by atoms with Gasteiger partial charge in [0.2, 0.25) is 11.8 Å². The lowest BCUT2D eigenvalue weighted by atomic mass is 9.86. The number of unbranched alkanes of at least 4 members (excludes halogenated alkanes) is 3. The number of allylic oxidation sites excluding steroid dienone is 1. The molecule has 2 aromatic rings. The van der Waals surface area contributed by atoms with Crippen LogP contribution in [0.3, 0.4) is 0 Å². The second-order valence-corrected chi connectivity index (χ2v) is 10.6. The number of carboxylic acid groups (broad SMARTS) is 1. The summed E-state index contributed by atoms with van der Waals surface area (Å²) in [6.07, 6.45) is 18.3. The van der Waals surface area contributed by atoms with Gasteiger partial charge in [0.15, 0.2) is 6.04 Å². The number of carbonyl (C=O) groups is 2. The van der Waals surface area contributed by atoms with Gasteiger partial charge in [0.25, 0.3) is 0 Å². The zero-order valence-corrected chi connectivity index (χ0v) is 22.8. The smallest absolute Gasteiger partial charge is 0.303 e. The third-order valence-electron chi connectivity index (χ3n) is 7.63. The van der Waals surface area contributed by atoms with Crippen molar-refractivity contribution in [1.82, 2.24) is 10.3 Å². The standard InChI is InChI=1S/C32H41N3O4/c36-30(37)19-6-2-5-16-26(25-15-11-20-33-22-25)27-17-7-8-18-28(27)32-35-29(23-39-32)31(38)34-21-10-9-14-24-12-3-1-4-13-24/h7-8,11,15-18,20,22,24,29H,1-6,9-10,12-14,19,21,23H2,(H,34,38)(H,36,37). The zero-order chi connectivity index (χ0) is 27.3. The first kappa shape index (κ1) is 28.5. The molecule has 2 N–H and O–H groups in total. The molecular formula is C32H41N3O4. The molecule has 1 aromatic carbocycles. The van der Waals surface area contributed by atoms with Crippen molar-refractivity contribution in [2.45, 2.75) is 83.1 Å². The Hall–Kier alpha value is -3.48. The van der Waals surface area contributed by atoms with E-state index in [-0.39, 0.29) is 18.9 Å². The molecule has 39 heavy (non-hydrogen) atoms. The molecule has 2 aliphatic rings. The second-order valence-electron chi connectivity index (χ2n) is 10.6. The third kappa shape index (κ3) is 8.77. The summed E-state index contributed by atoms with van der Waals surface area (Å²) in [6.45, 7) is 0.915. The van der Waals surface area contributed by atoms with E-state index in [1.807, 2.05) is 42.6 Å². The number of benzene rings is 1. The second kappa shape index (κ2) is 15.2. The Labute approximate surface area is 231 Å². The fraction of sp³-hybridized carbons (Fsp3) is 0.500. The molecule has 2 heterocycles. The van der Waals surface area contributed by atoms with Crippen molar-refractivity contribution in [2.24, 2.45) is 10.9 Å². The minimum Gasteiger partial charge on any atom is -0.481 e. The van der Waals surface area contributed by atoms with Crippen LogP contribution >= 0.6 is 0 Å². The number of aliphatic imine (C=N–C) groups is 1. The summed E-state index contributed by atoms with van der Waals surface area (Å²) in [5.41, 5.74) is 3.74. The fourth-order valence-corrected chi connectivity index (χ4v) is 5.50. The molecule has 4 rings (SSSR count). The highest BCUT2D eigenvalue weighted by atomic mass is 16.5. The predicted octanol–water partition coefficient (Wildman–Crippen LogP) is 6.17. The Morgan fingerprint density at radius 3 is 2.67 bits per heavy atom. The highest BCUT2D eigenvalue weighted by Gasteiger charge is 2.28. The van der Waals surface area contributed by atoms with Crippen molar-refractivity contribution >= 4 is 23.3 Å². The lowest BCUT2D eigenvalue weighted by molar-refractivity contribution is -0.137.